The SMILES string of the molecule is CP(C)(=O)c1ccccc1Nc1nc(Nc2ccc3c(c2)OC[C@@H]2CN(C4CCOCC4)CCN32)ncc1Cl. The number of hydrogen-bond donors (Lipinski definition) is 2. The second kappa shape index (κ2) is 11.0. The van der Waals surface area contributed by atoms with Crippen molar-refractivity contribution in [1.29, 1.82) is 0 Å². The Morgan fingerprint density at radius 2 is 1.87 bits per heavy atom. The summed E-state index contributed by atoms with van der Waals surface area (Å²) in [4.78, 5) is 14.1. The number of halogens is 1. The van der Waals surface area contributed by atoms with Crippen molar-refractivity contribution in [2.75, 3.05) is 68.3 Å². The Kier molecular flexibility index (Phi) is 7.42. The van der Waals surface area contributed by atoms with E-state index < -0.39 is 7.14 Å². The highest BCUT2D eigenvalue weighted by Crippen LogP contribution is 2.40. The lowest BCUT2D eigenvalue weighted by atomic mass is 10.0. The summed E-state index contributed by atoms with van der Waals surface area (Å²) in [6.07, 6.45) is 3.79. The predicted octanol–water partition coefficient (Wildman–Crippen LogP) is 4.93. The first-order valence-electron chi connectivity index (χ1n) is 13.4. The second-order valence-electron chi connectivity index (χ2n) is 10.7. The van der Waals surface area contributed by atoms with Gasteiger partial charge in [0.15, 0.2) is 5.82 Å². The molecular weight excluding hydrogens is 535 g/mol. The van der Waals surface area contributed by atoms with Gasteiger partial charge in [0.05, 0.1) is 23.6 Å². The van der Waals surface area contributed by atoms with Gasteiger partial charge in [-0.3, -0.25) is 4.90 Å². The third-order valence-electron chi connectivity index (χ3n) is 7.66. The molecule has 2 saturated heterocycles. The number of piperazine rings is 1. The fourth-order valence-corrected chi connectivity index (χ4v) is 6.97. The Hall–Kier alpha value is -2.84. The molecule has 2 fully saturated rings. The molecule has 9 nitrogen and oxygen atoms in total. The van der Waals surface area contributed by atoms with Crippen LogP contribution in [-0.2, 0) is 9.30 Å². The predicted molar refractivity (Wildman–Crippen MR) is 158 cm³/mol. The number of aromatic nitrogens is 2. The van der Waals surface area contributed by atoms with Gasteiger partial charge in [0.1, 0.15) is 24.5 Å². The number of rotatable bonds is 6. The lowest BCUT2D eigenvalue weighted by Gasteiger charge is -2.48. The Morgan fingerprint density at radius 3 is 2.69 bits per heavy atom. The monoisotopic (exact) mass is 568 g/mol. The van der Waals surface area contributed by atoms with Gasteiger partial charge < -0.3 is 29.6 Å². The van der Waals surface area contributed by atoms with E-state index in [9.17, 15) is 4.57 Å². The summed E-state index contributed by atoms with van der Waals surface area (Å²) in [5, 5.41) is 7.64. The second-order valence-corrected chi connectivity index (χ2v) is 14.3. The quantitative estimate of drug-likeness (QED) is 0.402. The minimum Gasteiger partial charge on any atom is -0.489 e. The maximum absolute atomic E-state index is 12.8. The molecule has 6 rings (SSSR count). The highest BCUT2D eigenvalue weighted by atomic mass is 35.5. The molecule has 2 N–H and O–H groups in total. The maximum atomic E-state index is 12.8. The minimum absolute atomic E-state index is 0.352. The number of hydrogen-bond acceptors (Lipinski definition) is 9. The van der Waals surface area contributed by atoms with E-state index in [1.165, 1.54) is 0 Å². The number of nitrogens with one attached hydrogen (secondary N) is 2. The third-order valence-corrected chi connectivity index (χ3v) is 9.49. The van der Waals surface area contributed by atoms with Crippen LogP contribution in [0, 0.1) is 0 Å². The van der Waals surface area contributed by atoms with Crippen molar-refractivity contribution >= 4 is 52.9 Å². The van der Waals surface area contributed by atoms with Crippen LogP contribution in [0.15, 0.2) is 48.7 Å². The largest absolute Gasteiger partial charge is 0.489 e. The topological polar surface area (TPSA) is 91.8 Å². The fraction of sp³-hybridized carbons (Fsp3) is 0.429. The molecule has 0 saturated carbocycles. The molecule has 0 radical (unpaired) electrons. The van der Waals surface area contributed by atoms with E-state index in [4.69, 9.17) is 21.1 Å². The van der Waals surface area contributed by atoms with Crippen molar-refractivity contribution in [1.82, 2.24) is 14.9 Å². The fourth-order valence-electron chi connectivity index (χ4n) is 5.67. The van der Waals surface area contributed by atoms with Gasteiger partial charge in [0, 0.05) is 55.9 Å². The average molecular weight is 569 g/mol. The molecule has 0 spiro atoms. The van der Waals surface area contributed by atoms with Crippen LogP contribution in [0.3, 0.4) is 0 Å². The molecule has 2 aromatic carbocycles. The van der Waals surface area contributed by atoms with Gasteiger partial charge in [-0.05, 0) is 50.4 Å². The van der Waals surface area contributed by atoms with Crippen molar-refractivity contribution in [2.45, 2.75) is 24.9 Å². The Balaban J connectivity index is 1.16. The normalized spacial score (nSPS) is 20.1. The summed E-state index contributed by atoms with van der Waals surface area (Å²) in [7, 11) is -2.50. The molecule has 39 heavy (non-hydrogen) atoms. The number of anilines is 5. The number of nitrogens with zero attached hydrogens (tertiary/aromatic N) is 4. The van der Waals surface area contributed by atoms with E-state index in [1.54, 1.807) is 19.5 Å². The zero-order chi connectivity index (χ0) is 27.0. The molecular formula is C28H34ClN6O3P. The van der Waals surface area contributed by atoms with Crippen LogP contribution in [0.1, 0.15) is 12.8 Å². The minimum atomic E-state index is -2.50. The van der Waals surface area contributed by atoms with Gasteiger partial charge in [-0.25, -0.2) is 4.98 Å². The maximum Gasteiger partial charge on any atom is 0.229 e. The lowest BCUT2D eigenvalue weighted by Crippen LogP contribution is -2.59. The van der Waals surface area contributed by atoms with Gasteiger partial charge in [-0.2, -0.15) is 4.98 Å². The molecule has 0 amide bonds. The lowest BCUT2D eigenvalue weighted by molar-refractivity contribution is 0.0231. The summed E-state index contributed by atoms with van der Waals surface area (Å²) in [6, 6.07) is 14.6. The molecule has 1 atom stereocenters. The zero-order valence-electron chi connectivity index (χ0n) is 22.3. The van der Waals surface area contributed by atoms with E-state index >= 15 is 0 Å². The van der Waals surface area contributed by atoms with E-state index in [0.717, 1.165) is 68.1 Å². The Labute approximate surface area is 234 Å². The van der Waals surface area contributed by atoms with Gasteiger partial charge >= 0.3 is 0 Å². The molecule has 0 bridgehead atoms. The van der Waals surface area contributed by atoms with Crippen molar-refractivity contribution in [3.8, 4) is 5.75 Å². The summed E-state index contributed by atoms with van der Waals surface area (Å²) in [5.74, 6) is 1.70. The van der Waals surface area contributed by atoms with Crippen LogP contribution in [0.5, 0.6) is 5.75 Å². The van der Waals surface area contributed by atoms with Crippen LogP contribution < -0.4 is 25.6 Å². The molecule has 3 aliphatic rings. The molecule has 1 aromatic heterocycles. The zero-order valence-corrected chi connectivity index (χ0v) is 23.9. The molecule has 0 unspecified atom stereocenters. The van der Waals surface area contributed by atoms with Crippen LogP contribution in [0.2, 0.25) is 5.02 Å². The third kappa shape index (κ3) is 5.73. The highest BCUT2D eigenvalue weighted by Gasteiger charge is 2.35. The summed E-state index contributed by atoms with van der Waals surface area (Å²) in [6.45, 7) is 8.96. The smallest absolute Gasteiger partial charge is 0.229 e. The Bertz CT molecular complexity index is 1400. The van der Waals surface area contributed by atoms with E-state index in [2.05, 4.69) is 36.5 Å². The standard InChI is InChI=1S/C28H34ClN6O3P/c1-39(2,36)26-6-4-3-5-23(26)32-27-22(29)16-30-28(33-27)31-19-7-8-24-25(15-19)38-18-21-17-34(11-12-35(21)24)20-9-13-37-14-10-20/h3-8,15-16,20-21H,9-14,17-18H2,1-2H3,(H2,30,31,32,33)/t21-/m0/s1. The average Bonchev–Trinajstić information content (AvgIpc) is 2.94. The van der Waals surface area contributed by atoms with E-state index in [1.807, 2.05) is 36.4 Å². The molecule has 3 aliphatic heterocycles. The van der Waals surface area contributed by atoms with Crippen molar-refractivity contribution in [3.05, 3.63) is 53.7 Å². The summed E-state index contributed by atoms with van der Waals surface area (Å²) >= 11 is 6.42. The van der Waals surface area contributed by atoms with E-state index in [-0.39, 0.29) is 0 Å². The molecule has 11 heteroatoms. The van der Waals surface area contributed by atoms with Crippen LogP contribution in [-0.4, -0.2) is 79.7 Å². The van der Waals surface area contributed by atoms with E-state index in [0.29, 0.717) is 41.2 Å². The summed E-state index contributed by atoms with van der Waals surface area (Å²) < 4.78 is 24.6. The summed E-state index contributed by atoms with van der Waals surface area (Å²) in [5.41, 5.74) is 2.67. The molecule has 4 heterocycles. The number of benzene rings is 2. The van der Waals surface area contributed by atoms with Gasteiger partial charge in [-0.15, -0.1) is 0 Å². The molecule has 0 aliphatic carbocycles. The first-order chi connectivity index (χ1) is 18.8. The molecule has 206 valence electrons. The van der Waals surface area contributed by atoms with Gasteiger partial charge in [0.2, 0.25) is 5.95 Å². The van der Waals surface area contributed by atoms with Crippen LogP contribution in [0.4, 0.5) is 28.8 Å². The van der Waals surface area contributed by atoms with Crippen molar-refractivity contribution < 1.29 is 14.0 Å². The molecule has 3 aromatic rings. The number of ether oxygens (including phenoxy) is 2. The Morgan fingerprint density at radius 1 is 1.05 bits per heavy atom. The van der Waals surface area contributed by atoms with Crippen LogP contribution in [0.25, 0.3) is 0 Å². The number of para-hydroxylation sites is 1. The van der Waals surface area contributed by atoms with Crippen molar-refractivity contribution in [2.24, 2.45) is 0 Å². The van der Waals surface area contributed by atoms with Gasteiger partial charge in [0.25, 0.3) is 0 Å². The highest BCUT2D eigenvalue weighted by molar-refractivity contribution is 7.70. The van der Waals surface area contributed by atoms with Crippen LogP contribution >= 0.6 is 18.7 Å². The number of fused-ring (bicyclic) bond motifs is 3. The van der Waals surface area contributed by atoms with Gasteiger partial charge in [-0.1, -0.05) is 23.7 Å². The first-order valence-corrected chi connectivity index (χ1v) is 16.4. The van der Waals surface area contributed by atoms with Crippen molar-refractivity contribution in [3.63, 3.8) is 0 Å². The first kappa shape index (κ1) is 26.4.